The lowest BCUT2D eigenvalue weighted by Crippen LogP contribution is -2.40. The fourth-order valence-corrected chi connectivity index (χ4v) is 8.28. The summed E-state index contributed by atoms with van der Waals surface area (Å²) in [6.45, 7) is 6.28. The highest BCUT2D eigenvalue weighted by atomic mass is 35.5. The normalized spacial score (nSPS) is 14.3. The number of nitrogens with zero attached hydrogens (tertiary/aromatic N) is 6. The Morgan fingerprint density at radius 1 is 1.08 bits per heavy atom. The van der Waals surface area contributed by atoms with Gasteiger partial charge in [-0.05, 0) is 80.1 Å². The quantitative estimate of drug-likeness (QED) is 0.0728. The van der Waals surface area contributed by atoms with E-state index >= 15 is 0 Å². The summed E-state index contributed by atoms with van der Waals surface area (Å²) < 4.78 is 14.8. The van der Waals surface area contributed by atoms with Crippen LogP contribution in [-0.4, -0.2) is 43.9 Å². The number of aromatic nitrogens is 4. The predicted molar refractivity (Wildman–Crippen MR) is 201 cm³/mol. The minimum absolute atomic E-state index is 0.116. The van der Waals surface area contributed by atoms with Crippen LogP contribution in [0.2, 0.25) is 10.0 Å². The van der Waals surface area contributed by atoms with Crippen LogP contribution in [0.5, 0.6) is 5.75 Å². The number of carbonyl (C=O) groups excluding carboxylic acids is 1. The molecule has 0 saturated carbocycles. The molecule has 0 radical (unpaired) electrons. The van der Waals surface area contributed by atoms with Crippen molar-refractivity contribution in [1.29, 1.82) is 0 Å². The highest BCUT2D eigenvalue weighted by molar-refractivity contribution is 7.99. The van der Waals surface area contributed by atoms with Crippen LogP contribution >= 0.6 is 46.3 Å². The zero-order chi connectivity index (χ0) is 37.1. The Morgan fingerprint density at radius 3 is 2.56 bits per heavy atom. The van der Waals surface area contributed by atoms with Gasteiger partial charge in [0.1, 0.15) is 11.8 Å². The predicted octanol–water partition coefficient (Wildman–Crippen LogP) is 7.23. The van der Waals surface area contributed by atoms with Crippen molar-refractivity contribution in [1.82, 2.24) is 19.3 Å². The lowest BCUT2D eigenvalue weighted by atomic mass is 9.93. The third-order valence-corrected chi connectivity index (χ3v) is 10.7. The zero-order valence-corrected chi connectivity index (χ0v) is 31.6. The van der Waals surface area contributed by atoms with Crippen LogP contribution in [0.25, 0.3) is 17.5 Å². The molecular formula is C36H32Cl2N6O6S2. The number of carbonyl (C=O) groups is 1. The van der Waals surface area contributed by atoms with Gasteiger partial charge in [-0.2, -0.15) is 0 Å². The van der Waals surface area contributed by atoms with E-state index in [2.05, 4.69) is 10.2 Å². The minimum Gasteiger partial charge on any atom is -0.496 e. The molecule has 0 aliphatic carbocycles. The molecule has 268 valence electrons. The number of allylic oxidation sites excluding steroid dienone is 1. The molecule has 0 spiro atoms. The van der Waals surface area contributed by atoms with Gasteiger partial charge in [-0.1, -0.05) is 60.0 Å². The van der Waals surface area contributed by atoms with E-state index in [0.29, 0.717) is 72.7 Å². The molecule has 3 aromatic carbocycles. The number of thiazole rings is 1. The number of non-ortho nitro benzene ring substituents is 1. The number of benzene rings is 3. The maximum Gasteiger partial charge on any atom is 0.338 e. The molecule has 1 atom stereocenters. The second-order valence-electron chi connectivity index (χ2n) is 11.4. The monoisotopic (exact) mass is 778 g/mol. The van der Waals surface area contributed by atoms with Crippen molar-refractivity contribution in [2.75, 3.05) is 13.7 Å². The van der Waals surface area contributed by atoms with Crippen molar-refractivity contribution in [3.05, 3.63) is 123 Å². The summed E-state index contributed by atoms with van der Waals surface area (Å²) in [6.07, 6.45) is 2.72. The van der Waals surface area contributed by atoms with Gasteiger partial charge >= 0.3 is 5.97 Å². The molecule has 1 aliphatic rings. The summed E-state index contributed by atoms with van der Waals surface area (Å²) in [5, 5.41) is 22.3. The molecular weight excluding hydrogens is 747 g/mol. The van der Waals surface area contributed by atoms with Crippen molar-refractivity contribution in [3.8, 4) is 17.1 Å². The molecule has 0 amide bonds. The first kappa shape index (κ1) is 37.0. The largest absolute Gasteiger partial charge is 0.496 e. The van der Waals surface area contributed by atoms with Crippen molar-refractivity contribution >= 4 is 64.0 Å². The number of hydrogen-bond donors (Lipinski definition) is 0. The summed E-state index contributed by atoms with van der Waals surface area (Å²) in [4.78, 5) is 45.3. The van der Waals surface area contributed by atoms with E-state index in [9.17, 15) is 19.7 Å². The molecule has 5 aromatic rings. The Labute approximate surface area is 316 Å². The molecule has 2 aromatic heterocycles. The number of nitro benzene ring substituents is 1. The van der Waals surface area contributed by atoms with E-state index in [0.717, 1.165) is 16.9 Å². The second kappa shape index (κ2) is 15.9. The fourth-order valence-electron chi connectivity index (χ4n) is 5.92. The van der Waals surface area contributed by atoms with E-state index in [-0.39, 0.29) is 22.4 Å². The number of hydrogen-bond acceptors (Lipinski definition) is 11. The summed E-state index contributed by atoms with van der Waals surface area (Å²) in [5.41, 5.74) is 1.76. The van der Waals surface area contributed by atoms with Crippen LogP contribution in [0.4, 0.5) is 5.69 Å². The average Bonchev–Trinajstić information content (AvgIpc) is 3.67. The standard InChI is InChI=1S/C36H32Cl2N6O6S2/c1-5-9-26-30(34(46)50-7-3)31(25-19-23(38)12-14-27(25)49-4)43-33(45)29(52-35(43)39-26)18-21-17-24(44(47)48)13-15-28(21)51-36-41-40-32(42(36)6-2)20-10-8-11-22(37)16-20/h8,10-19,31H,5-7,9H2,1-4H3/b29-18-/t31-/m0/s1. The molecule has 0 N–H and O–H groups in total. The van der Waals surface area contributed by atoms with Gasteiger partial charge in [0.05, 0.1) is 34.4 Å². The lowest BCUT2D eigenvalue weighted by Gasteiger charge is -2.27. The lowest BCUT2D eigenvalue weighted by molar-refractivity contribution is -0.384. The maximum absolute atomic E-state index is 14.5. The van der Waals surface area contributed by atoms with Crippen molar-refractivity contribution < 1.29 is 19.2 Å². The van der Waals surface area contributed by atoms with Crippen LogP contribution < -0.4 is 19.6 Å². The van der Waals surface area contributed by atoms with E-state index in [1.807, 2.05) is 30.5 Å². The SMILES string of the molecule is CCCC1=C(C(=O)OCC)[C@H](c2cc(Cl)ccc2OC)n2c(s/c(=C\c3cc([N+](=O)[O-])ccc3Sc3nnc(-c4cccc(Cl)c4)n3CC)c2=O)=N1. The topological polar surface area (TPSA) is 144 Å². The average molecular weight is 780 g/mol. The van der Waals surface area contributed by atoms with Crippen LogP contribution in [0.1, 0.15) is 50.8 Å². The van der Waals surface area contributed by atoms with Crippen LogP contribution in [0.3, 0.4) is 0 Å². The molecule has 0 unspecified atom stereocenters. The van der Waals surface area contributed by atoms with Gasteiger partial charge < -0.3 is 14.0 Å². The van der Waals surface area contributed by atoms with Crippen LogP contribution in [0, 0.1) is 10.1 Å². The third-order valence-electron chi connectivity index (χ3n) is 8.19. The third kappa shape index (κ3) is 7.29. The van der Waals surface area contributed by atoms with Gasteiger partial charge in [0.25, 0.3) is 11.2 Å². The van der Waals surface area contributed by atoms with Crippen LogP contribution in [0.15, 0.2) is 91.8 Å². The Hall–Kier alpha value is -4.76. The Bertz CT molecular complexity index is 2420. The van der Waals surface area contributed by atoms with Gasteiger partial charge in [-0.25, -0.2) is 9.79 Å². The number of esters is 1. The fraction of sp³-hybridized carbons (Fsp3) is 0.250. The molecule has 0 fully saturated rings. The van der Waals surface area contributed by atoms with Crippen molar-refractivity contribution in [2.24, 2.45) is 4.99 Å². The Balaban J connectivity index is 1.55. The molecule has 16 heteroatoms. The van der Waals surface area contributed by atoms with Gasteiger partial charge in [0, 0.05) is 44.7 Å². The van der Waals surface area contributed by atoms with Gasteiger partial charge in [-0.15, -0.1) is 10.2 Å². The zero-order valence-electron chi connectivity index (χ0n) is 28.5. The smallest absolute Gasteiger partial charge is 0.338 e. The van der Waals surface area contributed by atoms with Gasteiger partial charge in [0.15, 0.2) is 15.8 Å². The minimum atomic E-state index is -0.973. The number of halogens is 2. The molecule has 6 rings (SSSR count). The Morgan fingerprint density at radius 2 is 1.87 bits per heavy atom. The highest BCUT2D eigenvalue weighted by Gasteiger charge is 2.36. The number of rotatable bonds is 12. The number of fused-ring (bicyclic) bond motifs is 1. The first-order valence-corrected chi connectivity index (χ1v) is 18.7. The molecule has 0 saturated heterocycles. The second-order valence-corrected chi connectivity index (χ2v) is 14.3. The molecule has 1 aliphatic heterocycles. The first-order chi connectivity index (χ1) is 25.1. The van der Waals surface area contributed by atoms with Crippen LogP contribution in [-0.2, 0) is 16.1 Å². The van der Waals surface area contributed by atoms with E-state index in [1.54, 1.807) is 49.4 Å². The summed E-state index contributed by atoms with van der Waals surface area (Å²) in [6, 6.07) is 15.8. The summed E-state index contributed by atoms with van der Waals surface area (Å²) >= 11 is 15.1. The van der Waals surface area contributed by atoms with E-state index in [4.69, 9.17) is 37.7 Å². The summed E-state index contributed by atoms with van der Waals surface area (Å²) in [5.74, 6) is 0.421. The molecule has 52 heavy (non-hydrogen) atoms. The number of nitro groups is 1. The maximum atomic E-state index is 14.5. The van der Waals surface area contributed by atoms with Crippen molar-refractivity contribution in [3.63, 3.8) is 0 Å². The molecule has 12 nitrogen and oxygen atoms in total. The first-order valence-electron chi connectivity index (χ1n) is 16.3. The summed E-state index contributed by atoms with van der Waals surface area (Å²) in [7, 11) is 1.50. The van der Waals surface area contributed by atoms with Crippen molar-refractivity contribution in [2.45, 2.75) is 56.3 Å². The highest BCUT2D eigenvalue weighted by Crippen LogP contribution is 2.39. The van der Waals surface area contributed by atoms with E-state index in [1.165, 1.54) is 35.6 Å². The number of ether oxygens (including phenoxy) is 2. The van der Waals surface area contributed by atoms with Gasteiger partial charge in [0.2, 0.25) is 0 Å². The molecule has 3 heterocycles. The molecule has 0 bridgehead atoms. The van der Waals surface area contributed by atoms with E-state index < -0.39 is 22.5 Å². The Kier molecular flexibility index (Phi) is 11.3. The van der Waals surface area contributed by atoms with Gasteiger partial charge in [-0.3, -0.25) is 19.5 Å². The number of methoxy groups -OCH3 is 1.